The number of aromatic nitrogens is 1. The van der Waals surface area contributed by atoms with Crippen LogP contribution in [-0.2, 0) is 16.6 Å². The molecule has 0 bridgehead atoms. The first-order valence-electron chi connectivity index (χ1n) is 8.74. The summed E-state index contributed by atoms with van der Waals surface area (Å²) in [7, 11) is 1.59. The number of rotatable bonds is 5. The van der Waals surface area contributed by atoms with E-state index in [9.17, 15) is 9.59 Å². The van der Waals surface area contributed by atoms with E-state index < -0.39 is 18.0 Å². The average molecular weight is 410 g/mol. The maximum Gasteiger partial charge on any atom is 0.355 e. The fraction of sp³-hybridized carbons (Fsp3) is 0.368. The van der Waals surface area contributed by atoms with Crippen molar-refractivity contribution in [3.8, 4) is 0 Å². The quantitative estimate of drug-likeness (QED) is 0.754. The fourth-order valence-electron chi connectivity index (χ4n) is 2.99. The van der Waals surface area contributed by atoms with Gasteiger partial charge in [0.25, 0.3) is 5.91 Å². The molecule has 1 aliphatic heterocycles. The SMILES string of the molecule is C[C@H](OC(=O)c1cc(Cl)c(Cl)n1C)C(=O)Nc1ccc(N2CCCC2)cc1. The molecule has 27 heavy (non-hydrogen) atoms. The molecule has 0 aliphatic carbocycles. The van der Waals surface area contributed by atoms with Gasteiger partial charge in [-0.2, -0.15) is 0 Å². The molecule has 1 fully saturated rings. The van der Waals surface area contributed by atoms with Crippen LogP contribution in [0.5, 0.6) is 0 Å². The molecule has 1 aliphatic rings. The summed E-state index contributed by atoms with van der Waals surface area (Å²) < 4.78 is 6.64. The highest BCUT2D eigenvalue weighted by Crippen LogP contribution is 2.26. The van der Waals surface area contributed by atoms with E-state index in [0.29, 0.717) is 5.69 Å². The lowest BCUT2D eigenvalue weighted by Gasteiger charge is -2.18. The molecule has 1 saturated heterocycles. The van der Waals surface area contributed by atoms with E-state index in [2.05, 4.69) is 10.2 Å². The van der Waals surface area contributed by atoms with E-state index in [0.717, 1.165) is 18.8 Å². The van der Waals surface area contributed by atoms with E-state index in [1.165, 1.54) is 30.4 Å². The highest BCUT2D eigenvalue weighted by atomic mass is 35.5. The number of halogens is 2. The lowest BCUT2D eigenvalue weighted by Crippen LogP contribution is -2.30. The van der Waals surface area contributed by atoms with Crippen LogP contribution >= 0.6 is 23.2 Å². The number of carbonyl (C=O) groups is 2. The Bertz CT molecular complexity index is 843. The number of amides is 1. The minimum atomic E-state index is -0.969. The maximum atomic E-state index is 12.3. The molecule has 1 aromatic heterocycles. The van der Waals surface area contributed by atoms with Gasteiger partial charge in [-0.05, 0) is 50.1 Å². The topological polar surface area (TPSA) is 63.6 Å². The molecule has 1 aromatic carbocycles. The summed E-state index contributed by atoms with van der Waals surface area (Å²) in [5.74, 6) is -1.08. The standard InChI is InChI=1S/C19H21Cl2N3O3/c1-12(27-19(26)16-11-15(20)17(21)23(16)2)18(25)22-13-5-7-14(8-6-13)24-9-3-4-10-24/h5-8,11-12H,3-4,9-10H2,1-2H3,(H,22,25)/t12-/m0/s1. The zero-order chi connectivity index (χ0) is 19.6. The number of ether oxygens (including phenoxy) is 1. The Morgan fingerprint density at radius 3 is 2.33 bits per heavy atom. The first-order valence-corrected chi connectivity index (χ1v) is 9.50. The van der Waals surface area contributed by atoms with Crippen molar-refractivity contribution in [1.82, 2.24) is 4.57 Å². The normalized spacial score (nSPS) is 14.9. The molecular formula is C19H21Cl2N3O3. The highest BCUT2D eigenvalue weighted by Gasteiger charge is 2.23. The van der Waals surface area contributed by atoms with Gasteiger partial charge in [-0.3, -0.25) is 4.79 Å². The van der Waals surface area contributed by atoms with E-state index in [1.807, 2.05) is 24.3 Å². The van der Waals surface area contributed by atoms with Crippen molar-refractivity contribution in [3.05, 3.63) is 46.2 Å². The number of carbonyl (C=O) groups excluding carboxylic acids is 2. The average Bonchev–Trinajstić information content (AvgIpc) is 3.27. The van der Waals surface area contributed by atoms with Crippen LogP contribution in [0.15, 0.2) is 30.3 Å². The van der Waals surface area contributed by atoms with Crippen molar-refractivity contribution < 1.29 is 14.3 Å². The van der Waals surface area contributed by atoms with Gasteiger partial charge in [0, 0.05) is 31.5 Å². The molecule has 0 unspecified atom stereocenters. The smallest absolute Gasteiger partial charge is 0.355 e. The Morgan fingerprint density at radius 1 is 1.15 bits per heavy atom. The van der Waals surface area contributed by atoms with Gasteiger partial charge in [0.15, 0.2) is 6.10 Å². The van der Waals surface area contributed by atoms with Crippen molar-refractivity contribution in [3.63, 3.8) is 0 Å². The minimum Gasteiger partial charge on any atom is -0.448 e. The second kappa shape index (κ2) is 8.23. The second-order valence-corrected chi connectivity index (χ2v) is 7.27. The number of esters is 1. The number of nitrogens with zero attached hydrogens (tertiary/aromatic N) is 2. The predicted octanol–water partition coefficient (Wildman–Crippen LogP) is 4.12. The van der Waals surface area contributed by atoms with Crippen molar-refractivity contribution in [2.45, 2.75) is 25.9 Å². The lowest BCUT2D eigenvalue weighted by molar-refractivity contribution is -0.123. The summed E-state index contributed by atoms with van der Waals surface area (Å²) in [6.45, 7) is 3.63. The van der Waals surface area contributed by atoms with Crippen molar-refractivity contribution >= 4 is 46.5 Å². The van der Waals surface area contributed by atoms with Gasteiger partial charge in [-0.1, -0.05) is 23.2 Å². The van der Waals surface area contributed by atoms with Gasteiger partial charge in [0.1, 0.15) is 10.8 Å². The summed E-state index contributed by atoms with van der Waals surface area (Å²) in [5.41, 5.74) is 1.97. The number of benzene rings is 1. The van der Waals surface area contributed by atoms with E-state index in [1.54, 1.807) is 7.05 Å². The van der Waals surface area contributed by atoms with Crippen LogP contribution in [-0.4, -0.2) is 35.6 Å². The van der Waals surface area contributed by atoms with Crippen molar-refractivity contribution in [2.75, 3.05) is 23.3 Å². The molecule has 3 rings (SSSR count). The molecule has 0 saturated carbocycles. The van der Waals surface area contributed by atoms with Crippen LogP contribution in [0.1, 0.15) is 30.3 Å². The van der Waals surface area contributed by atoms with Crippen LogP contribution < -0.4 is 10.2 Å². The largest absolute Gasteiger partial charge is 0.448 e. The van der Waals surface area contributed by atoms with Crippen LogP contribution in [0.2, 0.25) is 10.2 Å². The van der Waals surface area contributed by atoms with E-state index in [4.69, 9.17) is 27.9 Å². The van der Waals surface area contributed by atoms with Crippen LogP contribution in [0.3, 0.4) is 0 Å². The highest BCUT2D eigenvalue weighted by molar-refractivity contribution is 6.41. The molecular weight excluding hydrogens is 389 g/mol. The van der Waals surface area contributed by atoms with E-state index >= 15 is 0 Å². The van der Waals surface area contributed by atoms with Crippen LogP contribution in [0.25, 0.3) is 0 Å². The zero-order valence-electron chi connectivity index (χ0n) is 15.2. The predicted molar refractivity (Wildman–Crippen MR) is 107 cm³/mol. The zero-order valence-corrected chi connectivity index (χ0v) is 16.7. The molecule has 6 nitrogen and oxygen atoms in total. The first kappa shape index (κ1) is 19.6. The van der Waals surface area contributed by atoms with Crippen molar-refractivity contribution in [2.24, 2.45) is 7.05 Å². The van der Waals surface area contributed by atoms with Gasteiger partial charge < -0.3 is 19.5 Å². The van der Waals surface area contributed by atoms with Gasteiger partial charge >= 0.3 is 5.97 Å². The molecule has 2 aromatic rings. The number of anilines is 2. The molecule has 144 valence electrons. The first-order chi connectivity index (χ1) is 12.9. The van der Waals surface area contributed by atoms with E-state index in [-0.39, 0.29) is 15.9 Å². The summed E-state index contributed by atoms with van der Waals surface area (Å²) in [6.07, 6.45) is 1.45. The van der Waals surface area contributed by atoms with Gasteiger partial charge in [-0.25, -0.2) is 4.79 Å². The summed E-state index contributed by atoms with van der Waals surface area (Å²) in [4.78, 5) is 26.9. The Hall–Kier alpha value is -2.18. The Morgan fingerprint density at radius 2 is 1.78 bits per heavy atom. The minimum absolute atomic E-state index is 0.180. The Kier molecular flexibility index (Phi) is 5.97. The molecule has 1 atom stereocenters. The molecule has 8 heteroatoms. The second-order valence-electron chi connectivity index (χ2n) is 6.51. The summed E-state index contributed by atoms with van der Waals surface area (Å²) in [6, 6.07) is 9.05. The lowest BCUT2D eigenvalue weighted by atomic mass is 10.2. The van der Waals surface area contributed by atoms with Crippen LogP contribution in [0.4, 0.5) is 11.4 Å². The fourth-order valence-corrected chi connectivity index (χ4v) is 3.36. The molecule has 2 heterocycles. The Balaban J connectivity index is 1.58. The monoisotopic (exact) mass is 409 g/mol. The molecule has 1 amide bonds. The maximum absolute atomic E-state index is 12.3. The number of nitrogens with one attached hydrogen (secondary N) is 1. The van der Waals surface area contributed by atoms with Crippen molar-refractivity contribution in [1.29, 1.82) is 0 Å². The summed E-state index contributed by atoms with van der Waals surface area (Å²) in [5, 5.41) is 3.24. The number of hydrogen-bond acceptors (Lipinski definition) is 4. The van der Waals surface area contributed by atoms with Crippen LogP contribution in [0, 0.1) is 0 Å². The molecule has 1 N–H and O–H groups in total. The molecule has 0 radical (unpaired) electrons. The van der Waals surface area contributed by atoms with Gasteiger partial charge in [0.05, 0.1) is 5.02 Å². The third kappa shape index (κ3) is 4.39. The number of hydrogen-bond donors (Lipinski definition) is 1. The third-order valence-corrected chi connectivity index (χ3v) is 5.43. The van der Waals surface area contributed by atoms with Gasteiger partial charge in [0.2, 0.25) is 0 Å². The third-order valence-electron chi connectivity index (χ3n) is 4.58. The Labute approximate surface area is 168 Å². The van der Waals surface area contributed by atoms with Gasteiger partial charge in [-0.15, -0.1) is 0 Å². The summed E-state index contributed by atoms with van der Waals surface area (Å²) >= 11 is 11.9. The molecule has 0 spiro atoms.